The molecule has 0 fully saturated rings. The summed E-state index contributed by atoms with van der Waals surface area (Å²) in [6.07, 6.45) is 1.89. The van der Waals surface area contributed by atoms with Gasteiger partial charge in [0.05, 0.1) is 0 Å². The second-order valence-electron chi connectivity index (χ2n) is 5.68. The Morgan fingerprint density at radius 3 is 2.48 bits per heavy atom. The molecule has 0 N–H and O–H groups in total. The second kappa shape index (κ2) is 4.85. The van der Waals surface area contributed by atoms with E-state index in [4.69, 9.17) is 11.6 Å². The molecule has 0 spiro atoms. The highest BCUT2D eigenvalue weighted by Gasteiger charge is 2.36. The molecule has 0 saturated heterocycles. The van der Waals surface area contributed by atoms with Gasteiger partial charge in [0.25, 0.3) is 5.91 Å². The topological polar surface area (TPSA) is 20.3 Å². The maximum atomic E-state index is 12.7. The fourth-order valence-corrected chi connectivity index (χ4v) is 4.34. The van der Waals surface area contributed by atoms with Crippen LogP contribution in [0.5, 0.6) is 0 Å². The lowest BCUT2D eigenvalue weighted by molar-refractivity contribution is 0.0710. The van der Waals surface area contributed by atoms with Crippen LogP contribution in [-0.2, 0) is 19.4 Å². The highest BCUT2D eigenvalue weighted by molar-refractivity contribution is 9.10. The van der Waals surface area contributed by atoms with Crippen LogP contribution in [0, 0.1) is 0 Å². The van der Waals surface area contributed by atoms with Crippen LogP contribution in [0.4, 0.5) is 0 Å². The largest absolute Gasteiger partial charge is 0.331 e. The molecule has 2 aromatic carbocycles. The Labute approximate surface area is 136 Å². The summed E-state index contributed by atoms with van der Waals surface area (Å²) in [5, 5.41) is 0.602. The van der Waals surface area contributed by atoms with Crippen molar-refractivity contribution in [3.8, 4) is 0 Å². The van der Waals surface area contributed by atoms with E-state index in [-0.39, 0.29) is 11.9 Å². The quantitative estimate of drug-likeness (QED) is 0.743. The molecule has 2 nitrogen and oxygen atoms in total. The summed E-state index contributed by atoms with van der Waals surface area (Å²) < 4.78 is 0.927. The van der Waals surface area contributed by atoms with E-state index >= 15 is 0 Å². The molecule has 2 aliphatic rings. The van der Waals surface area contributed by atoms with Crippen LogP contribution in [-0.4, -0.2) is 16.8 Å². The van der Waals surface area contributed by atoms with E-state index in [1.807, 2.05) is 11.0 Å². The summed E-state index contributed by atoms with van der Waals surface area (Å²) >= 11 is 9.60. The van der Waals surface area contributed by atoms with Crippen molar-refractivity contribution in [3.63, 3.8) is 0 Å². The van der Waals surface area contributed by atoms with Crippen LogP contribution < -0.4 is 0 Å². The van der Waals surface area contributed by atoms with Crippen LogP contribution in [0.3, 0.4) is 0 Å². The standard InChI is InChI=1S/C17H13BrClNO/c18-16-8-12(19)7-14-15(16)9-20(17(14)21)13-5-10-3-1-2-4-11(10)6-13/h1-4,7-8,13H,5-6,9H2. The first kappa shape index (κ1) is 13.4. The summed E-state index contributed by atoms with van der Waals surface area (Å²) in [5.41, 5.74) is 4.53. The van der Waals surface area contributed by atoms with Gasteiger partial charge < -0.3 is 4.90 Å². The SMILES string of the molecule is O=C1c2cc(Cl)cc(Br)c2CN1C1Cc2ccccc2C1. The Morgan fingerprint density at radius 1 is 1.14 bits per heavy atom. The third kappa shape index (κ3) is 2.11. The van der Waals surface area contributed by atoms with Gasteiger partial charge in [0, 0.05) is 27.6 Å². The third-order valence-electron chi connectivity index (χ3n) is 4.45. The average Bonchev–Trinajstić information content (AvgIpc) is 3.01. The molecule has 4 rings (SSSR count). The van der Waals surface area contributed by atoms with Gasteiger partial charge in [0.1, 0.15) is 0 Å². The fourth-order valence-electron chi connectivity index (χ4n) is 3.40. The molecule has 1 amide bonds. The number of halogens is 2. The third-order valence-corrected chi connectivity index (χ3v) is 5.38. The van der Waals surface area contributed by atoms with E-state index in [1.54, 1.807) is 6.07 Å². The van der Waals surface area contributed by atoms with Crippen molar-refractivity contribution in [1.29, 1.82) is 0 Å². The highest BCUT2D eigenvalue weighted by atomic mass is 79.9. The van der Waals surface area contributed by atoms with E-state index in [0.717, 1.165) is 28.4 Å². The van der Waals surface area contributed by atoms with Crippen LogP contribution in [0.15, 0.2) is 40.9 Å². The number of benzene rings is 2. The maximum absolute atomic E-state index is 12.7. The second-order valence-corrected chi connectivity index (χ2v) is 6.97. The van der Waals surface area contributed by atoms with E-state index < -0.39 is 0 Å². The van der Waals surface area contributed by atoms with Crippen LogP contribution in [0.1, 0.15) is 27.0 Å². The average molecular weight is 363 g/mol. The zero-order valence-electron chi connectivity index (χ0n) is 11.3. The van der Waals surface area contributed by atoms with Gasteiger partial charge in [-0.3, -0.25) is 4.79 Å². The number of carbonyl (C=O) groups is 1. The summed E-state index contributed by atoms with van der Waals surface area (Å²) in [4.78, 5) is 14.7. The number of carbonyl (C=O) groups excluding carboxylic acids is 1. The molecule has 0 saturated carbocycles. The predicted molar refractivity (Wildman–Crippen MR) is 86.7 cm³/mol. The van der Waals surface area contributed by atoms with Crippen LogP contribution >= 0.6 is 27.5 Å². The molecule has 4 heteroatoms. The van der Waals surface area contributed by atoms with Crippen LogP contribution in [0.2, 0.25) is 5.02 Å². The molecular formula is C17H13BrClNO. The monoisotopic (exact) mass is 361 g/mol. The maximum Gasteiger partial charge on any atom is 0.254 e. The van der Waals surface area contributed by atoms with Gasteiger partial charge in [0.2, 0.25) is 0 Å². The molecule has 1 aliphatic heterocycles. The van der Waals surface area contributed by atoms with Crippen molar-refractivity contribution in [2.24, 2.45) is 0 Å². The van der Waals surface area contributed by atoms with E-state index in [1.165, 1.54) is 11.1 Å². The molecular weight excluding hydrogens is 350 g/mol. The first-order valence-corrected chi connectivity index (χ1v) is 8.16. The first-order valence-electron chi connectivity index (χ1n) is 6.99. The summed E-state index contributed by atoms with van der Waals surface area (Å²) in [6, 6.07) is 12.4. The van der Waals surface area contributed by atoms with Crippen molar-refractivity contribution in [1.82, 2.24) is 4.90 Å². The molecule has 1 aliphatic carbocycles. The van der Waals surface area contributed by atoms with Gasteiger partial charge in [0.15, 0.2) is 0 Å². The lowest BCUT2D eigenvalue weighted by Gasteiger charge is -2.23. The number of hydrogen-bond donors (Lipinski definition) is 0. The molecule has 0 atom stereocenters. The van der Waals surface area contributed by atoms with Gasteiger partial charge in [-0.2, -0.15) is 0 Å². The Hall–Kier alpha value is -1.32. The Balaban J connectivity index is 1.66. The molecule has 2 aromatic rings. The Bertz CT molecular complexity index is 733. The number of amides is 1. The van der Waals surface area contributed by atoms with Crippen molar-refractivity contribution >= 4 is 33.4 Å². The molecule has 0 aromatic heterocycles. The van der Waals surface area contributed by atoms with Gasteiger partial charge >= 0.3 is 0 Å². The molecule has 1 heterocycles. The van der Waals surface area contributed by atoms with Crippen molar-refractivity contribution in [3.05, 3.63) is 68.1 Å². The predicted octanol–water partition coefficient (Wildman–Crippen LogP) is 4.23. The van der Waals surface area contributed by atoms with E-state index in [2.05, 4.69) is 40.2 Å². The van der Waals surface area contributed by atoms with E-state index in [0.29, 0.717) is 11.6 Å². The molecule has 21 heavy (non-hydrogen) atoms. The number of nitrogens with zero attached hydrogens (tertiary/aromatic N) is 1. The van der Waals surface area contributed by atoms with Gasteiger partial charge in [-0.25, -0.2) is 0 Å². The van der Waals surface area contributed by atoms with Crippen LogP contribution in [0.25, 0.3) is 0 Å². The van der Waals surface area contributed by atoms with Gasteiger partial charge in [-0.05, 0) is 41.7 Å². The molecule has 106 valence electrons. The smallest absolute Gasteiger partial charge is 0.254 e. The zero-order valence-corrected chi connectivity index (χ0v) is 13.6. The Kier molecular flexibility index (Phi) is 3.09. The van der Waals surface area contributed by atoms with Crippen molar-refractivity contribution in [2.45, 2.75) is 25.4 Å². The van der Waals surface area contributed by atoms with Crippen molar-refractivity contribution < 1.29 is 4.79 Å². The lowest BCUT2D eigenvalue weighted by Crippen LogP contribution is -2.36. The number of hydrogen-bond acceptors (Lipinski definition) is 1. The highest BCUT2D eigenvalue weighted by Crippen LogP contribution is 2.36. The van der Waals surface area contributed by atoms with Gasteiger partial charge in [-0.1, -0.05) is 51.8 Å². The minimum absolute atomic E-state index is 0.103. The lowest BCUT2D eigenvalue weighted by atomic mass is 10.1. The Morgan fingerprint density at radius 2 is 1.81 bits per heavy atom. The summed E-state index contributed by atoms with van der Waals surface area (Å²) in [6.45, 7) is 0.671. The van der Waals surface area contributed by atoms with E-state index in [9.17, 15) is 4.79 Å². The first-order chi connectivity index (χ1) is 10.1. The summed E-state index contributed by atoms with van der Waals surface area (Å²) in [5.74, 6) is 0.103. The number of rotatable bonds is 1. The molecule has 0 unspecified atom stereocenters. The minimum Gasteiger partial charge on any atom is -0.331 e. The normalized spacial score (nSPS) is 17.2. The summed E-state index contributed by atoms with van der Waals surface area (Å²) in [7, 11) is 0. The molecule has 0 bridgehead atoms. The van der Waals surface area contributed by atoms with Gasteiger partial charge in [-0.15, -0.1) is 0 Å². The number of fused-ring (bicyclic) bond motifs is 2. The fraction of sp³-hybridized carbons (Fsp3) is 0.235. The zero-order chi connectivity index (χ0) is 14.6. The molecule has 0 radical (unpaired) electrons. The van der Waals surface area contributed by atoms with Crippen molar-refractivity contribution in [2.75, 3.05) is 0 Å². The minimum atomic E-state index is 0.103.